The van der Waals surface area contributed by atoms with E-state index in [0.717, 1.165) is 19.0 Å². The highest BCUT2D eigenvalue weighted by Gasteiger charge is 2.18. The molecule has 0 aromatic rings. The van der Waals surface area contributed by atoms with Crippen LogP contribution in [-0.4, -0.2) is 36.1 Å². The zero-order valence-electron chi connectivity index (χ0n) is 11.7. The summed E-state index contributed by atoms with van der Waals surface area (Å²) >= 11 is 1.87. The van der Waals surface area contributed by atoms with Crippen molar-refractivity contribution in [1.29, 1.82) is 0 Å². The van der Waals surface area contributed by atoms with Crippen molar-refractivity contribution < 1.29 is 0 Å². The Morgan fingerprint density at radius 3 is 2.53 bits per heavy atom. The third-order valence-corrected chi connectivity index (χ3v) is 4.45. The van der Waals surface area contributed by atoms with E-state index in [-0.39, 0.29) is 4.75 Å². The van der Waals surface area contributed by atoms with Gasteiger partial charge in [-0.2, -0.15) is 11.8 Å². The zero-order valence-corrected chi connectivity index (χ0v) is 12.5. The summed E-state index contributed by atoms with van der Waals surface area (Å²) in [5, 5.41) is 6.88. The molecule has 0 bridgehead atoms. The molecule has 3 nitrogen and oxygen atoms in total. The van der Waals surface area contributed by atoms with Gasteiger partial charge in [-0.3, -0.25) is 4.99 Å². The number of nitrogens with zero attached hydrogens (tertiary/aromatic N) is 1. The normalized spacial score (nSPS) is 18.5. The van der Waals surface area contributed by atoms with Crippen molar-refractivity contribution in [1.82, 2.24) is 10.6 Å². The second-order valence-corrected chi connectivity index (χ2v) is 6.80. The highest BCUT2D eigenvalue weighted by Crippen LogP contribution is 2.21. The Kier molecular flexibility index (Phi) is 6.17. The number of aliphatic imine (C=N–C) groups is 1. The highest BCUT2D eigenvalue weighted by atomic mass is 32.2. The van der Waals surface area contributed by atoms with E-state index >= 15 is 0 Å². The van der Waals surface area contributed by atoms with Crippen LogP contribution in [0, 0.1) is 0 Å². The molecule has 0 saturated heterocycles. The molecule has 0 amide bonds. The smallest absolute Gasteiger partial charge is 0.191 e. The van der Waals surface area contributed by atoms with Gasteiger partial charge in [-0.25, -0.2) is 0 Å². The fraction of sp³-hybridized carbons (Fsp3) is 0.923. The third-order valence-electron chi connectivity index (χ3n) is 3.21. The summed E-state index contributed by atoms with van der Waals surface area (Å²) in [5.41, 5.74) is 0. The van der Waals surface area contributed by atoms with E-state index < -0.39 is 0 Å². The molecule has 0 aromatic heterocycles. The van der Waals surface area contributed by atoms with E-state index in [1.165, 1.54) is 25.7 Å². The Balaban J connectivity index is 2.48. The molecule has 100 valence electrons. The van der Waals surface area contributed by atoms with Gasteiger partial charge in [-0.05, 0) is 39.9 Å². The minimum absolute atomic E-state index is 0.220. The maximum atomic E-state index is 4.69. The van der Waals surface area contributed by atoms with Crippen LogP contribution in [0.4, 0.5) is 0 Å². The van der Waals surface area contributed by atoms with Gasteiger partial charge in [0.25, 0.3) is 0 Å². The Morgan fingerprint density at radius 2 is 2.00 bits per heavy atom. The zero-order chi connectivity index (χ0) is 12.7. The van der Waals surface area contributed by atoms with Crippen LogP contribution in [0.2, 0.25) is 0 Å². The van der Waals surface area contributed by atoms with E-state index in [9.17, 15) is 0 Å². The first-order valence-corrected chi connectivity index (χ1v) is 7.90. The van der Waals surface area contributed by atoms with Crippen molar-refractivity contribution in [3.63, 3.8) is 0 Å². The van der Waals surface area contributed by atoms with E-state index in [2.05, 4.69) is 37.7 Å². The van der Waals surface area contributed by atoms with Gasteiger partial charge in [0.15, 0.2) is 5.96 Å². The molecule has 0 atom stereocenters. The second-order valence-electron chi connectivity index (χ2n) is 5.28. The fourth-order valence-electron chi connectivity index (χ4n) is 1.92. The molecule has 0 unspecified atom stereocenters. The Bertz CT molecular complexity index is 245. The Hall–Kier alpha value is -0.380. The average Bonchev–Trinajstić information content (AvgIpc) is 2.79. The maximum absolute atomic E-state index is 4.69. The lowest BCUT2D eigenvalue weighted by Crippen LogP contribution is -2.43. The molecular weight excluding hydrogens is 230 g/mol. The standard InChI is InChI=1S/C13H27N3S/c1-5-14-12(15-10-13(2,3)17-4)16-11-8-6-7-9-11/h11H,5-10H2,1-4H3,(H2,14,15,16). The number of hydrogen-bond acceptors (Lipinski definition) is 2. The summed E-state index contributed by atoms with van der Waals surface area (Å²) in [6.45, 7) is 8.38. The number of guanidine groups is 1. The molecular formula is C13H27N3S. The van der Waals surface area contributed by atoms with Gasteiger partial charge in [0, 0.05) is 17.3 Å². The van der Waals surface area contributed by atoms with E-state index in [0.29, 0.717) is 6.04 Å². The van der Waals surface area contributed by atoms with Crippen molar-refractivity contribution in [2.45, 2.75) is 57.2 Å². The van der Waals surface area contributed by atoms with E-state index in [1.54, 1.807) is 0 Å². The Labute approximate surface area is 110 Å². The molecule has 1 fully saturated rings. The van der Waals surface area contributed by atoms with Crippen molar-refractivity contribution in [2.24, 2.45) is 4.99 Å². The lowest BCUT2D eigenvalue weighted by Gasteiger charge is -2.21. The van der Waals surface area contributed by atoms with Crippen molar-refractivity contribution >= 4 is 17.7 Å². The van der Waals surface area contributed by atoms with E-state index in [4.69, 9.17) is 4.99 Å². The summed E-state index contributed by atoms with van der Waals surface area (Å²) in [4.78, 5) is 4.69. The summed E-state index contributed by atoms with van der Waals surface area (Å²) in [7, 11) is 0. The van der Waals surface area contributed by atoms with Gasteiger partial charge >= 0.3 is 0 Å². The molecule has 0 heterocycles. The number of rotatable bonds is 5. The minimum Gasteiger partial charge on any atom is -0.357 e. The van der Waals surface area contributed by atoms with Gasteiger partial charge in [0.2, 0.25) is 0 Å². The second kappa shape index (κ2) is 7.14. The van der Waals surface area contributed by atoms with Crippen molar-refractivity contribution in [2.75, 3.05) is 19.3 Å². The van der Waals surface area contributed by atoms with Gasteiger partial charge in [-0.1, -0.05) is 12.8 Å². The fourth-order valence-corrected chi connectivity index (χ4v) is 2.11. The first-order chi connectivity index (χ1) is 8.07. The lowest BCUT2D eigenvalue weighted by molar-refractivity contribution is 0.610. The van der Waals surface area contributed by atoms with Crippen LogP contribution >= 0.6 is 11.8 Å². The number of hydrogen-bond donors (Lipinski definition) is 2. The lowest BCUT2D eigenvalue weighted by atomic mass is 10.2. The molecule has 1 aliphatic carbocycles. The van der Waals surface area contributed by atoms with Crippen LogP contribution in [0.5, 0.6) is 0 Å². The topological polar surface area (TPSA) is 36.4 Å². The third kappa shape index (κ3) is 5.66. The molecule has 0 spiro atoms. The maximum Gasteiger partial charge on any atom is 0.191 e. The van der Waals surface area contributed by atoms with Crippen LogP contribution in [0.15, 0.2) is 4.99 Å². The largest absolute Gasteiger partial charge is 0.357 e. The molecule has 4 heteroatoms. The quantitative estimate of drug-likeness (QED) is 0.587. The molecule has 0 radical (unpaired) electrons. The number of nitrogens with one attached hydrogen (secondary N) is 2. The summed E-state index contributed by atoms with van der Waals surface area (Å²) in [6.07, 6.45) is 7.43. The predicted molar refractivity (Wildman–Crippen MR) is 79.0 cm³/mol. The summed E-state index contributed by atoms with van der Waals surface area (Å²) in [6, 6.07) is 0.630. The Morgan fingerprint density at radius 1 is 1.35 bits per heavy atom. The van der Waals surface area contributed by atoms with Crippen LogP contribution in [-0.2, 0) is 0 Å². The average molecular weight is 257 g/mol. The molecule has 1 saturated carbocycles. The minimum atomic E-state index is 0.220. The van der Waals surface area contributed by atoms with Gasteiger partial charge in [-0.15, -0.1) is 0 Å². The van der Waals surface area contributed by atoms with Crippen LogP contribution in [0.1, 0.15) is 46.5 Å². The van der Waals surface area contributed by atoms with Gasteiger partial charge in [0.05, 0.1) is 6.54 Å². The van der Waals surface area contributed by atoms with Crippen molar-refractivity contribution in [3.8, 4) is 0 Å². The van der Waals surface area contributed by atoms with Crippen molar-refractivity contribution in [3.05, 3.63) is 0 Å². The van der Waals surface area contributed by atoms with Crippen LogP contribution in [0.3, 0.4) is 0 Å². The van der Waals surface area contributed by atoms with Crippen LogP contribution < -0.4 is 10.6 Å². The monoisotopic (exact) mass is 257 g/mol. The first kappa shape index (κ1) is 14.7. The SMILES string of the molecule is CCNC(=NCC(C)(C)SC)NC1CCCC1. The van der Waals surface area contributed by atoms with Gasteiger partial charge in [0.1, 0.15) is 0 Å². The van der Waals surface area contributed by atoms with Crippen LogP contribution in [0.25, 0.3) is 0 Å². The van der Waals surface area contributed by atoms with E-state index in [1.807, 2.05) is 11.8 Å². The summed E-state index contributed by atoms with van der Waals surface area (Å²) in [5.74, 6) is 0.988. The number of thioether (sulfide) groups is 1. The highest BCUT2D eigenvalue weighted by molar-refractivity contribution is 7.99. The molecule has 1 aliphatic rings. The first-order valence-electron chi connectivity index (χ1n) is 6.67. The molecule has 17 heavy (non-hydrogen) atoms. The summed E-state index contributed by atoms with van der Waals surface area (Å²) < 4.78 is 0.220. The molecule has 0 aromatic carbocycles. The molecule has 0 aliphatic heterocycles. The molecule has 1 rings (SSSR count). The van der Waals surface area contributed by atoms with Gasteiger partial charge < -0.3 is 10.6 Å². The molecule has 2 N–H and O–H groups in total. The predicted octanol–water partition coefficient (Wildman–Crippen LogP) is 2.63.